The van der Waals surface area contributed by atoms with Gasteiger partial charge >= 0.3 is 0 Å². The molecule has 0 unspecified atom stereocenters. The van der Waals surface area contributed by atoms with Gasteiger partial charge in [-0.3, -0.25) is 4.79 Å². The Balaban J connectivity index is 2.41. The van der Waals surface area contributed by atoms with Gasteiger partial charge in [0.05, 0.1) is 0 Å². The van der Waals surface area contributed by atoms with Crippen LogP contribution in [-0.2, 0) is 4.79 Å². The molecule has 0 saturated carbocycles. The van der Waals surface area contributed by atoms with Gasteiger partial charge in [-0.15, -0.1) is 0 Å². The maximum absolute atomic E-state index is 11.5. The van der Waals surface area contributed by atoms with Crippen LogP contribution in [0.2, 0.25) is 0 Å². The molecule has 0 aliphatic carbocycles. The Morgan fingerprint density at radius 2 is 2.33 bits per heavy atom. The van der Waals surface area contributed by atoms with Gasteiger partial charge in [0.2, 0.25) is 5.91 Å². The largest absolute Gasteiger partial charge is 0.396 e. The number of hydrogen-bond acceptors (Lipinski definition) is 2. The molecule has 12 heavy (non-hydrogen) atoms. The van der Waals surface area contributed by atoms with Crippen LogP contribution in [0.15, 0.2) is 0 Å². The third kappa shape index (κ3) is 1.97. The number of nitrogens with zero attached hydrogens (tertiary/aromatic N) is 1. The third-order valence-electron chi connectivity index (χ3n) is 2.35. The normalized spacial score (nSPS) is 23.7. The van der Waals surface area contributed by atoms with E-state index in [1.807, 2.05) is 18.7 Å². The molecule has 1 saturated heterocycles. The summed E-state index contributed by atoms with van der Waals surface area (Å²) >= 11 is 0. The van der Waals surface area contributed by atoms with Gasteiger partial charge in [-0.1, -0.05) is 13.8 Å². The Labute approximate surface area is 73.4 Å². The second-order valence-electron chi connectivity index (χ2n) is 3.78. The standard InChI is InChI=1S/C9H17NO2/c1-7(2)9(12)10-4-3-8(5-10)6-11/h7-8,11H,3-6H2,1-2H3/t8-/m1/s1. The minimum Gasteiger partial charge on any atom is -0.396 e. The van der Waals surface area contributed by atoms with Crippen LogP contribution in [0, 0.1) is 11.8 Å². The quantitative estimate of drug-likeness (QED) is 0.656. The van der Waals surface area contributed by atoms with Gasteiger partial charge in [-0.2, -0.15) is 0 Å². The van der Waals surface area contributed by atoms with Crippen molar-refractivity contribution in [1.29, 1.82) is 0 Å². The molecule has 0 aromatic heterocycles. The number of aliphatic hydroxyl groups is 1. The molecule has 3 nitrogen and oxygen atoms in total. The van der Waals surface area contributed by atoms with Crippen molar-refractivity contribution in [3.63, 3.8) is 0 Å². The maximum atomic E-state index is 11.5. The average Bonchev–Trinajstić information content (AvgIpc) is 2.50. The molecule has 0 aromatic rings. The molecule has 0 radical (unpaired) electrons. The molecular weight excluding hydrogens is 154 g/mol. The van der Waals surface area contributed by atoms with Crippen LogP contribution >= 0.6 is 0 Å². The number of carbonyl (C=O) groups is 1. The van der Waals surface area contributed by atoms with Gasteiger partial charge in [0.1, 0.15) is 0 Å². The Kier molecular flexibility index (Phi) is 3.09. The fourth-order valence-corrected chi connectivity index (χ4v) is 1.55. The van der Waals surface area contributed by atoms with Gasteiger partial charge in [-0.25, -0.2) is 0 Å². The van der Waals surface area contributed by atoms with Crippen LogP contribution in [0.5, 0.6) is 0 Å². The first-order valence-corrected chi connectivity index (χ1v) is 4.54. The van der Waals surface area contributed by atoms with Gasteiger partial charge < -0.3 is 10.0 Å². The van der Waals surface area contributed by atoms with E-state index in [0.717, 1.165) is 19.5 Å². The third-order valence-corrected chi connectivity index (χ3v) is 2.35. The zero-order chi connectivity index (χ0) is 9.14. The first kappa shape index (κ1) is 9.52. The van der Waals surface area contributed by atoms with E-state index in [1.165, 1.54) is 0 Å². The number of amides is 1. The molecule has 1 heterocycles. The van der Waals surface area contributed by atoms with E-state index in [4.69, 9.17) is 5.11 Å². The molecule has 70 valence electrons. The number of rotatable bonds is 2. The number of hydrogen-bond donors (Lipinski definition) is 1. The summed E-state index contributed by atoms with van der Waals surface area (Å²) in [4.78, 5) is 13.3. The predicted molar refractivity (Wildman–Crippen MR) is 46.6 cm³/mol. The van der Waals surface area contributed by atoms with E-state index < -0.39 is 0 Å². The van der Waals surface area contributed by atoms with Crippen molar-refractivity contribution in [1.82, 2.24) is 4.90 Å². The molecule has 1 N–H and O–H groups in total. The minimum absolute atomic E-state index is 0.0856. The smallest absolute Gasteiger partial charge is 0.225 e. The van der Waals surface area contributed by atoms with E-state index >= 15 is 0 Å². The second kappa shape index (κ2) is 3.90. The lowest BCUT2D eigenvalue weighted by molar-refractivity contribution is -0.133. The molecule has 1 aliphatic heterocycles. The van der Waals surface area contributed by atoms with Crippen LogP contribution in [0.1, 0.15) is 20.3 Å². The van der Waals surface area contributed by atoms with Gasteiger partial charge in [-0.05, 0) is 6.42 Å². The zero-order valence-electron chi connectivity index (χ0n) is 7.79. The van der Waals surface area contributed by atoms with E-state index in [9.17, 15) is 4.79 Å². The van der Waals surface area contributed by atoms with Gasteiger partial charge in [0, 0.05) is 31.5 Å². The Morgan fingerprint density at radius 3 is 2.75 bits per heavy atom. The van der Waals surface area contributed by atoms with Crippen LogP contribution in [0.4, 0.5) is 0 Å². The first-order chi connectivity index (χ1) is 5.65. The summed E-state index contributed by atoms with van der Waals surface area (Å²) in [5.41, 5.74) is 0. The highest BCUT2D eigenvalue weighted by molar-refractivity contribution is 5.78. The lowest BCUT2D eigenvalue weighted by Gasteiger charge is -2.18. The molecule has 1 atom stereocenters. The van der Waals surface area contributed by atoms with Crippen LogP contribution in [0.25, 0.3) is 0 Å². The van der Waals surface area contributed by atoms with Crippen molar-refractivity contribution in [3.8, 4) is 0 Å². The summed E-state index contributed by atoms with van der Waals surface area (Å²) in [5.74, 6) is 0.612. The van der Waals surface area contributed by atoms with Crippen LogP contribution in [0.3, 0.4) is 0 Å². The van der Waals surface area contributed by atoms with Crippen molar-refractivity contribution in [3.05, 3.63) is 0 Å². The fourth-order valence-electron chi connectivity index (χ4n) is 1.55. The minimum atomic E-state index is 0.0856. The lowest BCUT2D eigenvalue weighted by Crippen LogP contribution is -2.32. The number of aliphatic hydroxyl groups excluding tert-OH is 1. The zero-order valence-corrected chi connectivity index (χ0v) is 7.79. The maximum Gasteiger partial charge on any atom is 0.225 e. The summed E-state index contributed by atoms with van der Waals surface area (Å²) < 4.78 is 0. The monoisotopic (exact) mass is 171 g/mol. The van der Waals surface area contributed by atoms with Crippen LogP contribution in [-0.4, -0.2) is 35.6 Å². The summed E-state index contributed by atoms with van der Waals surface area (Å²) in [7, 11) is 0. The molecule has 0 spiro atoms. The topological polar surface area (TPSA) is 40.5 Å². The Bertz CT molecular complexity index is 168. The van der Waals surface area contributed by atoms with Crippen molar-refractivity contribution in [2.75, 3.05) is 19.7 Å². The van der Waals surface area contributed by atoms with Gasteiger partial charge in [0.25, 0.3) is 0 Å². The Morgan fingerprint density at radius 1 is 1.67 bits per heavy atom. The fraction of sp³-hybridized carbons (Fsp3) is 0.889. The highest BCUT2D eigenvalue weighted by Gasteiger charge is 2.26. The second-order valence-corrected chi connectivity index (χ2v) is 3.78. The molecule has 0 aromatic carbocycles. The number of carbonyl (C=O) groups excluding carboxylic acids is 1. The van der Waals surface area contributed by atoms with Crippen molar-refractivity contribution < 1.29 is 9.90 Å². The SMILES string of the molecule is CC(C)C(=O)N1CC[C@@H](CO)C1. The van der Waals surface area contributed by atoms with Crippen molar-refractivity contribution in [2.45, 2.75) is 20.3 Å². The molecule has 1 rings (SSSR count). The molecule has 3 heteroatoms. The van der Waals surface area contributed by atoms with E-state index in [2.05, 4.69) is 0 Å². The summed E-state index contributed by atoms with van der Waals surface area (Å²) in [6.45, 7) is 5.60. The van der Waals surface area contributed by atoms with Crippen molar-refractivity contribution >= 4 is 5.91 Å². The lowest BCUT2D eigenvalue weighted by atomic mass is 10.1. The molecule has 1 fully saturated rings. The van der Waals surface area contributed by atoms with Crippen molar-refractivity contribution in [2.24, 2.45) is 11.8 Å². The van der Waals surface area contributed by atoms with Gasteiger partial charge in [0.15, 0.2) is 0 Å². The highest BCUT2D eigenvalue weighted by Crippen LogP contribution is 2.17. The average molecular weight is 171 g/mol. The van der Waals surface area contributed by atoms with Crippen LogP contribution < -0.4 is 0 Å². The summed E-state index contributed by atoms with van der Waals surface area (Å²) in [5, 5.41) is 8.87. The first-order valence-electron chi connectivity index (χ1n) is 4.54. The highest BCUT2D eigenvalue weighted by atomic mass is 16.3. The van der Waals surface area contributed by atoms with E-state index in [1.54, 1.807) is 0 Å². The molecular formula is C9H17NO2. The summed E-state index contributed by atoms with van der Waals surface area (Å²) in [6.07, 6.45) is 0.953. The Hall–Kier alpha value is -0.570. The molecule has 1 aliphatic rings. The summed E-state index contributed by atoms with van der Waals surface area (Å²) in [6, 6.07) is 0. The van der Waals surface area contributed by atoms with E-state index in [0.29, 0.717) is 5.92 Å². The molecule has 0 bridgehead atoms. The number of likely N-dealkylation sites (tertiary alicyclic amines) is 1. The molecule has 1 amide bonds. The predicted octanol–water partition coefficient (Wildman–Crippen LogP) is 0.483. The van der Waals surface area contributed by atoms with E-state index in [-0.39, 0.29) is 18.4 Å².